The van der Waals surface area contributed by atoms with Crippen molar-refractivity contribution < 1.29 is 18.7 Å². The number of nitrogens with zero attached hydrogens (tertiary/aromatic N) is 4. The second-order valence-corrected chi connectivity index (χ2v) is 7.86. The van der Waals surface area contributed by atoms with Crippen LogP contribution in [0.1, 0.15) is 16.1 Å². The SMILES string of the molecule is Cc1c(C(=O)N2CCN(C(=O)COc3ccc(Cl)cc3)CC2)cnn1-c1ccccc1F. The number of carbonyl (C=O) groups excluding carboxylic acids is 2. The first-order valence-electron chi connectivity index (χ1n) is 10.2. The van der Waals surface area contributed by atoms with E-state index in [0.717, 1.165) is 0 Å². The average Bonchev–Trinajstić information content (AvgIpc) is 3.19. The molecule has 1 aliphatic rings. The van der Waals surface area contributed by atoms with Gasteiger partial charge in [-0.3, -0.25) is 9.59 Å². The number of para-hydroxylation sites is 1. The van der Waals surface area contributed by atoms with E-state index in [1.165, 1.54) is 16.9 Å². The summed E-state index contributed by atoms with van der Waals surface area (Å²) in [5, 5.41) is 4.80. The summed E-state index contributed by atoms with van der Waals surface area (Å²) in [4.78, 5) is 28.8. The highest BCUT2D eigenvalue weighted by Gasteiger charge is 2.27. The van der Waals surface area contributed by atoms with Gasteiger partial charge in [-0.1, -0.05) is 23.7 Å². The quantitative estimate of drug-likeness (QED) is 0.590. The van der Waals surface area contributed by atoms with Crippen LogP contribution in [0, 0.1) is 12.7 Å². The molecule has 1 aromatic heterocycles. The molecule has 0 bridgehead atoms. The average molecular weight is 457 g/mol. The lowest BCUT2D eigenvalue weighted by atomic mass is 10.2. The third-order valence-electron chi connectivity index (χ3n) is 5.42. The maximum Gasteiger partial charge on any atom is 0.260 e. The number of hydrogen-bond donors (Lipinski definition) is 0. The van der Waals surface area contributed by atoms with Gasteiger partial charge in [-0.25, -0.2) is 9.07 Å². The minimum Gasteiger partial charge on any atom is -0.484 e. The lowest BCUT2D eigenvalue weighted by Gasteiger charge is -2.34. The van der Waals surface area contributed by atoms with Gasteiger partial charge in [-0.2, -0.15) is 5.10 Å². The lowest BCUT2D eigenvalue weighted by Crippen LogP contribution is -2.51. The van der Waals surface area contributed by atoms with Crippen LogP contribution in [0.2, 0.25) is 5.02 Å². The molecule has 1 saturated heterocycles. The van der Waals surface area contributed by atoms with Crippen molar-refractivity contribution in [2.24, 2.45) is 0 Å². The Morgan fingerprint density at radius 2 is 1.69 bits per heavy atom. The summed E-state index contributed by atoms with van der Waals surface area (Å²) in [5.74, 6) is -0.172. The smallest absolute Gasteiger partial charge is 0.260 e. The molecule has 0 spiro atoms. The van der Waals surface area contributed by atoms with E-state index >= 15 is 0 Å². The van der Waals surface area contributed by atoms with E-state index in [9.17, 15) is 14.0 Å². The van der Waals surface area contributed by atoms with Crippen molar-refractivity contribution >= 4 is 23.4 Å². The van der Waals surface area contributed by atoms with E-state index in [2.05, 4.69) is 5.10 Å². The summed E-state index contributed by atoms with van der Waals surface area (Å²) in [7, 11) is 0. The Bertz CT molecular complexity index is 1120. The van der Waals surface area contributed by atoms with Gasteiger partial charge in [-0.15, -0.1) is 0 Å². The number of halogens is 2. The van der Waals surface area contributed by atoms with Crippen molar-refractivity contribution in [3.8, 4) is 11.4 Å². The Morgan fingerprint density at radius 1 is 1.03 bits per heavy atom. The standard InChI is InChI=1S/C23H22ClFN4O3/c1-16-19(14-26-29(16)21-5-3-2-4-20(21)25)23(31)28-12-10-27(11-13-28)22(30)15-32-18-8-6-17(24)7-9-18/h2-9,14H,10-13,15H2,1H3. The number of piperazine rings is 1. The molecular weight excluding hydrogens is 435 g/mol. The Hall–Kier alpha value is -3.39. The number of carbonyl (C=O) groups is 2. The third kappa shape index (κ3) is 4.60. The van der Waals surface area contributed by atoms with Crippen LogP contribution in [0.3, 0.4) is 0 Å². The van der Waals surface area contributed by atoms with Crippen LogP contribution >= 0.6 is 11.6 Å². The fourth-order valence-corrected chi connectivity index (χ4v) is 3.71. The highest BCUT2D eigenvalue weighted by Crippen LogP contribution is 2.19. The zero-order valence-corrected chi connectivity index (χ0v) is 18.3. The van der Waals surface area contributed by atoms with E-state index in [0.29, 0.717) is 53.9 Å². The van der Waals surface area contributed by atoms with Gasteiger partial charge in [0.25, 0.3) is 11.8 Å². The van der Waals surface area contributed by atoms with Crippen molar-refractivity contribution in [1.82, 2.24) is 19.6 Å². The Morgan fingerprint density at radius 3 is 2.38 bits per heavy atom. The molecule has 9 heteroatoms. The molecule has 4 rings (SSSR count). The van der Waals surface area contributed by atoms with Gasteiger partial charge >= 0.3 is 0 Å². The van der Waals surface area contributed by atoms with Gasteiger partial charge < -0.3 is 14.5 Å². The molecule has 0 atom stereocenters. The maximum absolute atomic E-state index is 14.1. The lowest BCUT2D eigenvalue weighted by molar-refractivity contribution is -0.134. The molecular formula is C23H22ClFN4O3. The Kier molecular flexibility index (Phi) is 6.41. The number of hydrogen-bond acceptors (Lipinski definition) is 4. The van der Waals surface area contributed by atoms with Crippen LogP contribution in [-0.2, 0) is 4.79 Å². The second-order valence-electron chi connectivity index (χ2n) is 7.42. The predicted octanol–water partition coefficient (Wildman–Crippen LogP) is 3.34. The molecule has 3 aromatic rings. The summed E-state index contributed by atoms with van der Waals surface area (Å²) in [5.41, 5.74) is 1.27. The number of benzene rings is 2. The third-order valence-corrected chi connectivity index (χ3v) is 5.67. The monoisotopic (exact) mass is 456 g/mol. The predicted molar refractivity (Wildman–Crippen MR) is 118 cm³/mol. The number of amides is 2. The van der Waals surface area contributed by atoms with Crippen molar-refractivity contribution in [2.75, 3.05) is 32.8 Å². The van der Waals surface area contributed by atoms with E-state index in [1.807, 2.05) is 0 Å². The van der Waals surface area contributed by atoms with Gasteiger partial charge in [-0.05, 0) is 43.3 Å². The molecule has 0 aliphatic carbocycles. The van der Waals surface area contributed by atoms with E-state index in [1.54, 1.807) is 59.2 Å². The zero-order valence-electron chi connectivity index (χ0n) is 17.5. The first kappa shape index (κ1) is 21.8. The molecule has 0 radical (unpaired) electrons. The van der Waals surface area contributed by atoms with E-state index < -0.39 is 5.82 Å². The summed E-state index contributed by atoms with van der Waals surface area (Å²) in [6.45, 7) is 3.28. The van der Waals surface area contributed by atoms with E-state index in [4.69, 9.17) is 16.3 Å². The molecule has 0 unspecified atom stereocenters. The molecule has 2 heterocycles. The molecule has 1 aliphatic heterocycles. The number of ether oxygens (including phenoxy) is 1. The molecule has 166 valence electrons. The Balaban J connectivity index is 1.34. The molecule has 2 aromatic carbocycles. The van der Waals surface area contributed by atoms with E-state index in [-0.39, 0.29) is 18.4 Å². The van der Waals surface area contributed by atoms with Gasteiger partial charge in [0.05, 0.1) is 17.5 Å². The zero-order chi connectivity index (χ0) is 22.7. The minimum atomic E-state index is -0.411. The first-order chi connectivity index (χ1) is 15.4. The normalized spacial score (nSPS) is 13.8. The summed E-state index contributed by atoms with van der Waals surface area (Å²) >= 11 is 5.84. The van der Waals surface area contributed by atoms with Crippen LogP contribution in [0.15, 0.2) is 54.7 Å². The van der Waals surface area contributed by atoms with Gasteiger partial charge in [0.2, 0.25) is 0 Å². The number of rotatable bonds is 5. The highest BCUT2D eigenvalue weighted by molar-refractivity contribution is 6.30. The largest absolute Gasteiger partial charge is 0.484 e. The molecule has 1 fully saturated rings. The summed E-state index contributed by atoms with van der Waals surface area (Å²) < 4.78 is 21.1. The molecule has 2 amide bonds. The fourth-order valence-electron chi connectivity index (χ4n) is 3.58. The van der Waals surface area contributed by atoms with Crippen LogP contribution in [-0.4, -0.2) is 64.2 Å². The van der Waals surface area contributed by atoms with Gasteiger partial charge in [0.15, 0.2) is 6.61 Å². The topological polar surface area (TPSA) is 67.7 Å². The number of aromatic nitrogens is 2. The molecule has 0 saturated carbocycles. The summed E-state index contributed by atoms with van der Waals surface area (Å²) in [6.07, 6.45) is 1.46. The second kappa shape index (κ2) is 9.40. The van der Waals surface area contributed by atoms with Crippen molar-refractivity contribution in [1.29, 1.82) is 0 Å². The Labute approximate surface area is 189 Å². The van der Waals surface area contributed by atoms with Gasteiger partial charge in [0.1, 0.15) is 17.3 Å². The summed E-state index contributed by atoms with van der Waals surface area (Å²) in [6, 6.07) is 13.1. The van der Waals surface area contributed by atoms with Crippen molar-refractivity contribution in [3.05, 3.63) is 76.8 Å². The molecule has 32 heavy (non-hydrogen) atoms. The van der Waals surface area contributed by atoms with Crippen molar-refractivity contribution in [2.45, 2.75) is 6.92 Å². The fraction of sp³-hybridized carbons (Fsp3) is 0.261. The van der Waals surface area contributed by atoms with Crippen LogP contribution in [0.4, 0.5) is 4.39 Å². The van der Waals surface area contributed by atoms with Crippen LogP contribution in [0.5, 0.6) is 5.75 Å². The highest BCUT2D eigenvalue weighted by atomic mass is 35.5. The first-order valence-corrected chi connectivity index (χ1v) is 10.6. The van der Waals surface area contributed by atoms with Crippen LogP contribution in [0.25, 0.3) is 5.69 Å². The van der Waals surface area contributed by atoms with Crippen molar-refractivity contribution in [3.63, 3.8) is 0 Å². The van der Waals surface area contributed by atoms with Crippen LogP contribution < -0.4 is 4.74 Å². The maximum atomic E-state index is 14.1. The minimum absolute atomic E-state index is 0.0793. The molecule has 0 N–H and O–H groups in total. The molecule has 7 nitrogen and oxygen atoms in total. The van der Waals surface area contributed by atoms with Gasteiger partial charge in [0, 0.05) is 31.2 Å².